The van der Waals surface area contributed by atoms with E-state index in [1.165, 1.54) is 6.21 Å². The van der Waals surface area contributed by atoms with Gasteiger partial charge in [-0.15, -0.1) is 0 Å². The van der Waals surface area contributed by atoms with Gasteiger partial charge in [-0.3, -0.25) is 14.7 Å². The molecule has 7 heteroatoms. The van der Waals surface area contributed by atoms with Crippen LogP contribution in [0.3, 0.4) is 0 Å². The Morgan fingerprint density at radius 2 is 2.05 bits per heavy atom. The number of rotatable bonds is 5. The smallest absolute Gasteiger partial charge is 0.267 e. The molecule has 0 aliphatic rings. The van der Waals surface area contributed by atoms with E-state index in [4.69, 9.17) is 4.74 Å². The summed E-state index contributed by atoms with van der Waals surface area (Å²) >= 11 is 0. The number of aromatic amines is 2. The van der Waals surface area contributed by atoms with Crippen LogP contribution in [0.15, 0.2) is 34.2 Å². The first-order chi connectivity index (χ1) is 10.1. The highest BCUT2D eigenvalue weighted by atomic mass is 16.5. The monoisotopic (exact) mass is 288 g/mol. The second-order valence-electron chi connectivity index (χ2n) is 4.43. The first-order valence-corrected chi connectivity index (χ1v) is 6.32. The second-order valence-corrected chi connectivity index (χ2v) is 4.43. The summed E-state index contributed by atoms with van der Waals surface area (Å²) in [6.07, 6.45) is 1.50. The Morgan fingerprint density at radius 1 is 1.33 bits per heavy atom. The van der Waals surface area contributed by atoms with Gasteiger partial charge in [0.15, 0.2) is 0 Å². The van der Waals surface area contributed by atoms with Gasteiger partial charge in [-0.05, 0) is 36.8 Å². The number of ether oxygens (including phenoxy) is 1. The van der Waals surface area contributed by atoms with Gasteiger partial charge in [-0.2, -0.15) is 5.10 Å². The molecule has 110 valence electrons. The van der Waals surface area contributed by atoms with Gasteiger partial charge >= 0.3 is 0 Å². The van der Waals surface area contributed by atoms with Gasteiger partial charge in [0.05, 0.1) is 19.7 Å². The number of H-pyrrole nitrogens is 2. The number of amides is 1. The summed E-state index contributed by atoms with van der Waals surface area (Å²) in [6.45, 7) is 1.72. The lowest BCUT2D eigenvalue weighted by Crippen LogP contribution is -2.23. The highest BCUT2D eigenvalue weighted by Gasteiger charge is 2.10. The average Bonchev–Trinajstić information content (AvgIpc) is 2.80. The molecular weight excluding hydrogens is 272 g/mol. The molecule has 0 spiro atoms. The third kappa shape index (κ3) is 3.82. The normalized spacial score (nSPS) is 10.8. The summed E-state index contributed by atoms with van der Waals surface area (Å²) in [5.74, 6) is 0.395. The number of nitrogens with zero attached hydrogens (tertiary/aromatic N) is 1. The van der Waals surface area contributed by atoms with E-state index in [0.29, 0.717) is 11.3 Å². The number of hydrogen-bond donors (Lipinski definition) is 3. The summed E-state index contributed by atoms with van der Waals surface area (Å²) in [7, 11) is 1.59. The van der Waals surface area contributed by atoms with E-state index in [0.717, 1.165) is 11.3 Å². The fourth-order valence-electron chi connectivity index (χ4n) is 1.75. The van der Waals surface area contributed by atoms with Crippen LogP contribution in [-0.4, -0.2) is 29.4 Å². The van der Waals surface area contributed by atoms with Crippen LogP contribution in [0.4, 0.5) is 0 Å². The van der Waals surface area contributed by atoms with E-state index >= 15 is 0 Å². The van der Waals surface area contributed by atoms with E-state index in [1.54, 1.807) is 26.2 Å². The molecule has 3 N–H and O–H groups in total. The fraction of sp³-hybridized carbons (Fsp3) is 0.214. The molecular formula is C14H16N4O3. The molecule has 0 radical (unpaired) electrons. The van der Waals surface area contributed by atoms with Crippen molar-refractivity contribution in [2.45, 2.75) is 13.3 Å². The molecule has 0 unspecified atom stereocenters. The van der Waals surface area contributed by atoms with Crippen molar-refractivity contribution >= 4 is 12.1 Å². The number of hydrogen-bond acceptors (Lipinski definition) is 4. The molecule has 7 nitrogen and oxygen atoms in total. The molecule has 1 amide bonds. The number of aromatic nitrogens is 2. The molecule has 1 heterocycles. The Hall–Kier alpha value is -2.83. The highest BCUT2D eigenvalue weighted by Crippen LogP contribution is 2.09. The van der Waals surface area contributed by atoms with Gasteiger partial charge in [0.2, 0.25) is 5.91 Å². The molecule has 0 fully saturated rings. The standard InChI is InChI=1S/C14H16N4O3/c1-9-12(14(20)18-16-9)7-13(19)17-15-8-10-3-5-11(21-2)6-4-10/h3-6,8H,7H2,1-2H3,(H,17,19)(H2,16,18,20)/b15-8-. The van der Waals surface area contributed by atoms with Crippen LogP contribution in [0.25, 0.3) is 0 Å². The summed E-state index contributed by atoms with van der Waals surface area (Å²) in [4.78, 5) is 23.1. The fourth-order valence-corrected chi connectivity index (χ4v) is 1.75. The minimum atomic E-state index is -0.354. The maximum Gasteiger partial charge on any atom is 0.267 e. The Morgan fingerprint density at radius 3 is 2.62 bits per heavy atom. The zero-order valence-corrected chi connectivity index (χ0v) is 11.8. The Balaban J connectivity index is 1.91. The predicted molar refractivity (Wildman–Crippen MR) is 78.6 cm³/mol. The minimum absolute atomic E-state index is 0.0232. The molecule has 2 aromatic rings. The van der Waals surface area contributed by atoms with Crippen LogP contribution in [0.1, 0.15) is 16.8 Å². The predicted octanol–water partition coefficient (Wildman–Crippen LogP) is 0.713. The minimum Gasteiger partial charge on any atom is -0.497 e. The molecule has 0 aliphatic heterocycles. The molecule has 0 aliphatic carbocycles. The van der Waals surface area contributed by atoms with Gasteiger partial charge in [0, 0.05) is 11.3 Å². The Kier molecular flexibility index (Phi) is 4.55. The number of nitrogens with one attached hydrogen (secondary N) is 3. The van der Waals surface area contributed by atoms with Crippen LogP contribution >= 0.6 is 0 Å². The van der Waals surface area contributed by atoms with Crippen LogP contribution in [0.5, 0.6) is 5.75 Å². The first kappa shape index (κ1) is 14.6. The number of carbonyl (C=O) groups excluding carboxylic acids is 1. The molecule has 2 rings (SSSR count). The van der Waals surface area contributed by atoms with Crippen molar-refractivity contribution in [3.8, 4) is 5.75 Å². The zero-order valence-electron chi connectivity index (χ0n) is 11.8. The van der Waals surface area contributed by atoms with Crippen molar-refractivity contribution in [1.29, 1.82) is 0 Å². The van der Waals surface area contributed by atoms with Crippen molar-refractivity contribution in [2.75, 3.05) is 7.11 Å². The molecule has 0 saturated heterocycles. The van der Waals surface area contributed by atoms with Crippen LogP contribution in [0, 0.1) is 6.92 Å². The lowest BCUT2D eigenvalue weighted by molar-refractivity contribution is -0.120. The van der Waals surface area contributed by atoms with Gasteiger partial charge in [-0.25, -0.2) is 5.43 Å². The van der Waals surface area contributed by atoms with E-state index in [9.17, 15) is 9.59 Å². The molecule has 21 heavy (non-hydrogen) atoms. The number of hydrazone groups is 1. The Labute approximate surface area is 121 Å². The maximum absolute atomic E-state index is 11.7. The summed E-state index contributed by atoms with van der Waals surface area (Å²) in [5.41, 5.74) is 3.98. The number of carbonyl (C=O) groups is 1. The summed E-state index contributed by atoms with van der Waals surface area (Å²) in [6, 6.07) is 7.22. The number of benzene rings is 1. The van der Waals surface area contributed by atoms with Gasteiger partial charge in [-0.1, -0.05) is 0 Å². The van der Waals surface area contributed by atoms with Gasteiger partial charge in [0.25, 0.3) is 5.56 Å². The molecule has 1 aromatic heterocycles. The van der Waals surface area contributed by atoms with Gasteiger partial charge in [0.1, 0.15) is 5.75 Å². The SMILES string of the molecule is COc1ccc(/C=N\NC(=O)Cc2c(C)[nH][nH]c2=O)cc1. The molecule has 0 atom stereocenters. The highest BCUT2D eigenvalue weighted by molar-refractivity contribution is 5.83. The second kappa shape index (κ2) is 6.56. The number of methoxy groups -OCH3 is 1. The van der Waals surface area contributed by atoms with Gasteiger partial charge < -0.3 is 9.84 Å². The largest absolute Gasteiger partial charge is 0.497 e. The lowest BCUT2D eigenvalue weighted by atomic mass is 10.2. The van der Waals surface area contributed by atoms with Crippen molar-refractivity contribution in [1.82, 2.24) is 15.6 Å². The van der Waals surface area contributed by atoms with Crippen molar-refractivity contribution in [2.24, 2.45) is 5.10 Å². The third-order valence-electron chi connectivity index (χ3n) is 2.95. The van der Waals surface area contributed by atoms with Crippen LogP contribution in [-0.2, 0) is 11.2 Å². The summed E-state index contributed by atoms with van der Waals surface area (Å²) < 4.78 is 5.04. The molecule has 0 bridgehead atoms. The molecule has 0 saturated carbocycles. The van der Waals surface area contributed by atoms with Crippen molar-refractivity contribution in [3.63, 3.8) is 0 Å². The maximum atomic E-state index is 11.7. The van der Waals surface area contributed by atoms with Crippen LogP contribution < -0.4 is 15.7 Å². The third-order valence-corrected chi connectivity index (χ3v) is 2.95. The zero-order chi connectivity index (χ0) is 15.2. The number of aryl methyl sites for hydroxylation is 1. The molecule has 1 aromatic carbocycles. The summed E-state index contributed by atoms with van der Waals surface area (Å²) in [5, 5.41) is 8.94. The first-order valence-electron chi connectivity index (χ1n) is 6.32. The van der Waals surface area contributed by atoms with Crippen molar-refractivity contribution in [3.05, 3.63) is 51.4 Å². The topological polar surface area (TPSA) is 99.3 Å². The van der Waals surface area contributed by atoms with E-state index < -0.39 is 0 Å². The van der Waals surface area contributed by atoms with E-state index in [-0.39, 0.29) is 17.9 Å². The van der Waals surface area contributed by atoms with Crippen molar-refractivity contribution < 1.29 is 9.53 Å². The Bertz CT molecular complexity index is 698. The quantitative estimate of drug-likeness (QED) is 0.558. The van der Waals surface area contributed by atoms with E-state index in [1.807, 2.05) is 12.1 Å². The van der Waals surface area contributed by atoms with Crippen LogP contribution in [0.2, 0.25) is 0 Å². The average molecular weight is 288 g/mol. The lowest BCUT2D eigenvalue weighted by Gasteiger charge is -2.00. The van der Waals surface area contributed by atoms with E-state index in [2.05, 4.69) is 20.7 Å².